The van der Waals surface area contributed by atoms with Gasteiger partial charge < -0.3 is 15.6 Å². The zero-order valence-corrected chi connectivity index (χ0v) is 15.7. The van der Waals surface area contributed by atoms with E-state index in [1.807, 2.05) is 36.4 Å². The van der Waals surface area contributed by atoms with Crippen molar-refractivity contribution in [2.45, 2.75) is 19.1 Å². The number of ether oxygens (including phenoxy) is 1. The molecule has 0 saturated heterocycles. The number of hydrogen-bond donors (Lipinski definition) is 2. The fraction of sp³-hybridized carbons (Fsp3) is 0.250. The van der Waals surface area contributed by atoms with Crippen LogP contribution in [0.4, 0.5) is 0 Å². The Labute approximate surface area is 151 Å². The van der Waals surface area contributed by atoms with Crippen LogP contribution in [-0.4, -0.2) is 11.7 Å². The molecule has 0 fully saturated rings. The van der Waals surface area contributed by atoms with Crippen molar-refractivity contribution in [2.24, 2.45) is 5.73 Å². The van der Waals surface area contributed by atoms with Gasteiger partial charge in [0.05, 0.1) is 8.95 Å². The van der Waals surface area contributed by atoms with E-state index in [1.165, 1.54) is 0 Å². The average Bonchev–Trinajstić information content (AvgIpc) is 2.48. The summed E-state index contributed by atoms with van der Waals surface area (Å²) < 4.78 is 7.47. The van der Waals surface area contributed by atoms with E-state index < -0.39 is 0 Å². The third-order valence-corrected chi connectivity index (χ3v) is 4.77. The Morgan fingerprint density at radius 1 is 1.18 bits per heavy atom. The molecule has 0 aliphatic carbocycles. The fourth-order valence-electron chi connectivity index (χ4n) is 2.00. The highest BCUT2D eigenvalue weighted by Gasteiger charge is 2.13. The van der Waals surface area contributed by atoms with Gasteiger partial charge >= 0.3 is 0 Å². The smallest absolute Gasteiger partial charge is 0.148 e. The maximum absolute atomic E-state index is 8.99. The molecule has 0 heterocycles. The minimum absolute atomic E-state index is 0.0567. The van der Waals surface area contributed by atoms with E-state index in [0.717, 1.165) is 20.1 Å². The van der Waals surface area contributed by atoms with Gasteiger partial charge in [-0.25, -0.2) is 0 Å². The summed E-state index contributed by atoms with van der Waals surface area (Å²) in [6.07, 6.45) is 0.513. The molecule has 2 rings (SSSR count). The van der Waals surface area contributed by atoms with E-state index in [-0.39, 0.29) is 12.6 Å². The summed E-state index contributed by atoms with van der Waals surface area (Å²) in [6.45, 7) is 0.431. The van der Waals surface area contributed by atoms with Crippen molar-refractivity contribution in [3.05, 3.63) is 61.5 Å². The van der Waals surface area contributed by atoms with Crippen LogP contribution in [0, 0.1) is 0 Å². The highest BCUT2D eigenvalue weighted by Crippen LogP contribution is 2.37. The summed E-state index contributed by atoms with van der Waals surface area (Å²) in [5, 5.41) is 9.66. The summed E-state index contributed by atoms with van der Waals surface area (Å²) in [4.78, 5) is 0. The molecule has 0 bridgehead atoms. The van der Waals surface area contributed by atoms with Crippen molar-refractivity contribution in [3.8, 4) is 5.75 Å². The second kappa shape index (κ2) is 8.31. The van der Waals surface area contributed by atoms with Crippen LogP contribution < -0.4 is 10.5 Å². The van der Waals surface area contributed by atoms with E-state index in [9.17, 15) is 0 Å². The first-order valence-corrected chi connectivity index (χ1v) is 8.71. The van der Waals surface area contributed by atoms with Crippen molar-refractivity contribution >= 4 is 43.5 Å². The maximum atomic E-state index is 8.99. The Morgan fingerprint density at radius 2 is 1.82 bits per heavy atom. The Bertz CT molecular complexity index is 629. The van der Waals surface area contributed by atoms with Crippen molar-refractivity contribution < 1.29 is 9.84 Å². The third kappa shape index (κ3) is 4.46. The molecular weight excluding hydrogens is 433 g/mol. The molecule has 22 heavy (non-hydrogen) atoms. The van der Waals surface area contributed by atoms with Crippen molar-refractivity contribution in [3.63, 3.8) is 0 Å². The molecule has 118 valence electrons. The van der Waals surface area contributed by atoms with Crippen LogP contribution in [0.15, 0.2) is 45.3 Å². The van der Waals surface area contributed by atoms with E-state index in [0.29, 0.717) is 23.8 Å². The molecule has 0 radical (unpaired) electrons. The molecule has 0 aromatic heterocycles. The molecule has 0 aliphatic rings. The number of aliphatic hydroxyl groups is 1. The summed E-state index contributed by atoms with van der Waals surface area (Å²) in [6, 6.07) is 11.2. The lowest BCUT2D eigenvalue weighted by atomic mass is 10.1. The van der Waals surface area contributed by atoms with Crippen LogP contribution in [0.5, 0.6) is 5.75 Å². The zero-order chi connectivity index (χ0) is 16.1. The lowest BCUT2D eigenvalue weighted by molar-refractivity contribution is 0.276. The van der Waals surface area contributed by atoms with Crippen LogP contribution in [0.3, 0.4) is 0 Å². The van der Waals surface area contributed by atoms with Crippen LogP contribution in [-0.2, 0) is 6.61 Å². The SMILES string of the molecule is NC(CCO)c1cc(Br)c(OCc2ccccc2Cl)c(Br)c1. The van der Waals surface area contributed by atoms with Gasteiger partial charge in [-0.3, -0.25) is 0 Å². The molecule has 3 N–H and O–H groups in total. The zero-order valence-electron chi connectivity index (χ0n) is 11.7. The second-order valence-electron chi connectivity index (χ2n) is 4.81. The van der Waals surface area contributed by atoms with Crippen LogP contribution in [0.25, 0.3) is 0 Å². The van der Waals surface area contributed by atoms with Crippen LogP contribution >= 0.6 is 43.5 Å². The van der Waals surface area contributed by atoms with Crippen LogP contribution in [0.2, 0.25) is 5.02 Å². The summed E-state index contributed by atoms with van der Waals surface area (Å²) in [7, 11) is 0. The van der Waals surface area contributed by atoms with Gasteiger partial charge in [-0.05, 0) is 62.0 Å². The lowest BCUT2D eigenvalue weighted by Crippen LogP contribution is -2.12. The maximum Gasteiger partial charge on any atom is 0.148 e. The first-order chi connectivity index (χ1) is 10.5. The van der Waals surface area contributed by atoms with Gasteiger partial charge in [0, 0.05) is 23.2 Å². The lowest BCUT2D eigenvalue weighted by Gasteiger charge is -2.16. The van der Waals surface area contributed by atoms with Gasteiger partial charge in [-0.2, -0.15) is 0 Å². The minimum Gasteiger partial charge on any atom is -0.486 e. The number of aliphatic hydroxyl groups excluding tert-OH is 1. The molecular formula is C16H16Br2ClNO2. The molecule has 0 spiro atoms. The molecule has 2 aromatic rings. The Morgan fingerprint density at radius 3 is 2.41 bits per heavy atom. The molecule has 1 atom stereocenters. The Hall–Kier alpha value is -0.590. The quantitative estimate of drug-likeness (QED) is 0.664. The molecule has 0 aliphatic heterocycles. The molecule has 6 heteroatoms. The van der Waals surface area contributed by atoms with E-state index in [4.69, 9.17) is 27.2 Å². The second-order valence-corrected chi connectivity index (χ2v) is 6.93. The van der Waals surface area contributed by atoms with E-state index >= 15 is 0 Å². The van der Waals surface area contributed by atoms with Gasteiger partial charge in [0.2, 0.25) is 0 Å². The average molecular weight is 450 g/mol. The third-order valence-electron chi connectivity index (χ3n) is 3.22. The molecule has 2 aromatic carbocycles. The summed E-state index contributed by atoms with van der Waals surface area (Å²) >= 11 is 13.1. The Balaban J connectivity index is 2.17. The molecule has 1 unspecified atom stereocenters. The number of halogens is 3. The topological polar surface area (TPSA) is 55.5 Å². The van der Waals surface area contributed by atoms with E-state index in [2.05, 4.69) is 31.9 Å². The first-order valence-electron chi connectivity index (χ1n) is 6.74. The monoisotopic (exact) mass is 447 g/mol. The highest BCUT2D eigenvalue weighted by molar-refractivity contribution is 9.11. The van der Waals surface area contributed by atoms with Gasteiger partial charge in [-0.1, -0.05) is 29.8 Å². The van der Waals surface area contributed by atoms with E-state index in [1.54, 1.807) is 0 Å². The van der Waals surface area contributed by atoms with Crippen LogP contribution in [0.1, 0.15) is 23.6 Å². The number of nitrogens with two attached hydrogens (primary N) is 1. The molecule has 0 amide bonds. The summed E-state index contributed by atoms with van der Waals surface area (Å²) in [5.41, 5.74) is 7.87. The number of hydrogen-bond acceptors (Lipinski definition) is 3. The minimum atomic E-state index is -0.213. The van der Waals surface area contributed by atoms with Gasteiger partial charge in [0.25, 0.3) is 0 Å². The normalized spacial score (nSPS) is 12.2. The number of rotatable bonds is 6. The summed E-state index contributed by atoms with van der Waals surface area (Å²) in [5.74, 6) is 0.694. The molecule has 3 nitrogen and oxygen atoms in total. The predicted molar refractivity (Wildman–Crippen MR) is 96.3 cm³/mol. The highest BCUT2D eigenvalue weighted by atomic mass is 79.9. The predicted octanol–water partition coefficient (Wildman–Crippen LogP) is 4.83. The standard InChI is InChI=1S/C16H16Br2ClNO2/c17-12-7-11(15(20)5-6-21)8-13(18)16(12)22-9-10-3-1-2-4-14(10)19/h1-4,7-8,15,21H,5-6,9,20H2. The fourth-order valence-corrected chi connectivity index (χ4v) is 3.64. The van der Waals surface area contributed by atoms with Crippen molar-refractivity contribution in [2.75, 3.05) is 6.61 Å². The Kier molecular flexibility index (Phi) is 6.71. The van der Waals surface area contributed by atoms with Crippen molar-refractivity contribution in [1.29, 1.82) is 0 Å². The van der Waals surface area contributed by atoms with Gasteiger partial charge in [0.1, 0.15) is 12.4 Å². The molecule has 0 saturated carbocycles. The van der Waals surface area contributed by atoms with Gasteiger partial charge in [0.15, 0.2) is 0 Å². The van der Waals surface area contributed by atoms with Gasteiger partial charge in [-0.15, -0.1) is 0 Å². The number of benzene rings is 2. The van der Waals surface area contributed by atoms with Crippen molar-refractivity contribution in [1.82, 2.24) is 0 Å². The first kappa shape index (κ1) is 17.8. The largest absolute Gasteiger partial charge is 0.486 e.